The highest BCUT2D eigenvalue weighted by Gasteiger charge is 2.20. The molecule has 172 valence electrons. The second-order valence-electron chi connectivity index (χ2n) is 7.46. The monoisotopic (exact) mass is 469 g/mol. The molecule has 2 aromatic carbocycles. The summed E-state index contributed by atoms with van der Waals surface area (Å²) >= 11 is 1.08. The van der Waals surface area contributed by atoms with Gasteiger partial charge in [0, 0.05) is 44.0 Å². The first kappa shape index (κ1) is 22.8. The van der Waals surface area contributed by atoms with E-state index in [1.807, 2.05) is 36.1 Å². The molecular weight excluding hydrogens is 445 g/mol. The van der Waals surface area contributed by atoms with Crippen LogP contribution in [0, 0.1) is 5.82 Å². The van der Waals surface area contributed by atoms with Gasteiger partial charge in [-0.05, 0) is 36.4 Å². The van der Waals surface area contributed by atoms with Crippen molar-refractivity contribution in [1.29, 1.82) is 0 Å². The van der Waals surface area contributed by atoms with Gasteiger partial charge in [0.1, 0.15) is 5.82 Å². The number of carbonyl (C=O) groups excluding carboxylic acids is 2. The molecule has 0 aliphatic carbocycles. The summed E-state index contributed by atoms with van der Waals surface area (Å²) in [5.41, 5.74) is 1.96. The maximum absolute atomic E-state index is 13.8. The van der Waals surface area contributed by atoms with E-state index in [-0.39, 0.29) is 34.2 Å². The number of piperazine rings is 1. The zero-order valence-electron chi connectivity index (χ0n) is 18.2. The summed E-state index contributed by atoms with van der Waals surface area (Å²) in [7, 11) is 0. The predicted octanol–water partition coefficient (Wildman–Crippen LogP) is 3.67. The molecule has 8 nitrogen and oxygen atoms in total. The van der Waals surface area contributed by atoms with Gasteiger partial charge in [0.25, 0.3) is 11.1 Å². The van der Waals surface area contributed by atoms with E-state index >= 15 is 0 Å². The van der Waals surface area contributed by atoms with E-state index in [1.165, 1.54) is 6.07 Å². The van der Waals surface area contributed by atoms with Crippen molar-refractivity contribution in [2.75, 3.05) is 42.1 Å². The van der Waals surface area contributed by atoms with E-state index in [0.717, 1.165) is 43.6 Å². The van der Waals surface area contributed by atoms with Crippen LogP contribution in [0.25, 0.3) is 11.5 Å². The Labute approximate surface area is 195 Å². The van der Waals surface area contributed by atoms with Gasteiger partial charge in [0.15, 0.2) is 0 Å². The van der Waals surface area contributed by atoms with Crippen molar-refractivity contribution in [3.8, 4) is 11.5 Å². The van der Waals surface area contributed by atoms with Gasteiger partial charge in [0.2, 0.25) is 11.8 Å². The van der Waals surface area contributed by atoms with Crippen molar-refractivity contribution < 1.29 is 18.4 Å². The number of halogens is 1. The van der Waals surface area contributed by atoms with Crippen LogP contribution < -0.4 is 10.2 Å². The average Bonchev–Trinajstić information content (AvgIpc) is 3.32. The number of amides is 2. The number of nitrogens with zero attached hydrogens (tertiary/aromatic N) is 4. The van der Waals surface area contributed by atoms with E-state index in [9.17, 15) is 14.0 Å². The summed E-state index contributed by atoms with van der Waals surface area (Å²) in [6.45, 7) is 4.89. The minimum Gasteiger partial charge on any atom is -0.411 e. The number of rotatable bonds is 7. The standard InChI is InChI=1S/C23H24FN5O3S/c1-2-21(31)29-13-11-28(12-14-29)17-9-7-16(8-10-17)25-20(30)15-33-23-27-26-22(32-23)18-5-3-4-6-19(18)24/h3-10H,2,11-15H2,1H3,(H,25,30). The Hall–Kier alpha value is -3.40. The minimum atomic E-state index is -0.449. The molecule has 0 unspecified atom stereocenters. The molecule has 0 saturated carbocycles. The molecule has 0 atom stereocenters. The first-order valence-electron chi connectivity index (χ1n) is 10.7. The average molecular weight is 470 g/mol. The highest BCUT2D eigenvalue weighted by atomic mass is 32.2. The Morgan fingerprint density at radius 2 is 1.79 bits per heavy atom. The van der Waals surface area contributed by atoms with Gasteiger partial charge in [-0.25, -0.2) is 4.39 Å². The quantitative estimate of drug-likeness (QED) is 0.528. The smallest absolute Gasteiger partial charge is 0.277 e. The molecule has 3 aromatic rings. The Kier molecular flexibility index (Phi) is 7.23. The Morgan fingerprint density at radius 3 is 2.48 bits per heavy atom. The lowest BCUT2D eigenvalue weighted by Crippen LogP contribution is -2.48. The molecule has 1 N–H and O–H groups in total. The van der Waals surface area contributed by atoms with E-state index in [0.29, 0.717) is 12.1 Å². The summed E-state index contributed by atoms with van der Waals surface area (Å²) in [5, 5.41) is 10.7. The molecule has 0 spiro atoms. The molecule has 1 fully saturated rings. The van der Waals surface area contributed by atoms with Gasteiger partial charge < -0.3 is 19.5 Å². The van der Waals surface area contributed by atoms with Gasteiger partial charge in [-0.15, -0.1) is 10.2 Å². The van der Waals surface area contributed by atoms with Crippen LogP contribution in [0.1, 0.15) is 13.3 Å². The zero-order chi connectivity index (χ0) is 23.2. The Morgan fingerprint density at radius 1 is 1.06 bits per heavy atom. The fourth-order valence-electron chi connectivity index (χ4n) is 3.53. The lowest BCUT2D eigenvalue weighted by Gasteiger charge is -2.36. The summed E-state index contributed by atoms with van der Waals surface area (Å²) in [4.78, 5) is 28.2. The molecule has 0 radical (unpaired) electrons. The highest BCUT2D eigenvalue weighted by molar-refractivity contribution is 7.99. The third kappa shape index (κ3) is 5.70. The van der Waals surface area contributed by atoms with Crippen molar-refractivity contribution in [3.63, 3.8) is 0 Å². The van der Waals surface area contributed by atoms with Gasteiger partial charge in [0.05, 0.1) is 11.3 Å². The van der Waals surface area contributed by atoms with Crippen molar-refractivity contribution >= 4 is 35.0 Å². The van der Waals surface area contributed by atoms with Crippen LogP contribution in [-0.4, -0.2) is 58.8 Å². The Bertz CT molecular complexity index is 1110. The summed E-state index contributed by atoms with van der Waals surface area (Å²) in [6, 6.07) is 13.8. The number of anilines is 2. The lowest BCUT2D eigenvalue weighted by atomic mass is 10.2. The van der Waals surface area contributed by atoms with Gasteiger partial charge in [-0.1, -0.05) is 30.8 Å². The number of hydrogen-bond donors (Lipinski definition) is 1. The van der Waals surface area contributed by atoms with Crippen LogP contribution in [0.4, 0.5) is 15.8 Å². The molecule has 0 bridgehead atoms. The number of benzene rings is 2. The number of thioether (sulfide) groups is 1. The fourth-order valence-corrected chi connectivity index (χ4v) is 4.09. The van der Waals surface area contributed by atoms with Gasteiger partial charge >= 0.3 is 0 Å². The Balaban J connectivity index is 1.26. The molecule has 1 aromatic heterocycles. The van der Waals surface area contributed by atoms with Crippen LogP contribution in [0.15, 0.2) is 58.2 Å². The van der Waals surface area contributed by atoms with Crippen molar-refractivity contribution in [1.82, 2.24) is 15.1 Å². The third-order valence-corrected chi connectivity index (χ3v) is 6.11. The SMILES string of the molecule is CCC(=O)N1CCN(c2ccc(NC(=O)CSc3nnc(-c4ccccc4F)o3)cc2)CC1. The predicted molar refractivity (Wildman–Crippen MR) is 125 cm³/mol. The van der Waals surface area contributed by atoms with Crippen LogP contribution in [0.2, 0.25) is 0 Å². The molecule has 33 heavy (non-hydrogen) atoms. The van der Waals surface area contributed by atoms with E-state index in [1.54, 1.807) is 18.2 Å². The summed E-state index contributed by atoms with van der Waals surface area (Å²) in [5.74, 6) is -0.324. The molecule has 2 amide bonds. The van der Waals surface area contributed by atoms with Crippen LogP contribution in [0.5, 0.6) is 0 Å². The second-order valence-corrected chi connectivity index (χ2v) is 8.38. The van der Waals surface area contributed by atoms with Crippen molar-refractivity contribution in [2.45, 2.75) is 18.6 Å². The molecule has 1 saturated heterocycles. The van der Waals surface area contributed by atoms with E-state index < -0.39 is 5.82 Å². The van der Waals surface area contributed by atoms with Crippen LogP contribution in [-0.2, 0) is 9.59 Å². The number of aromatic nitrogens is 2. The number of nitrogens with one attached hydrogen (secondary N) is 1. The molecule has 1 aliphatic rings. The lowest BCUT2D eigenvalue weighted by molar-refractivity contribution is -0.131. The maximum Gasteiger partial charge on any atom is 0.277 e. The number of hydrogen-bond acceptors (Lipinski definition) is 7. The highest BCUT2D eigenvalue weighted by Crippen LogP contribution is 2.25. The molecule has 4 rings (SSSR count). The van der Waals surface area contributed by atoms with Crippen LogP contribution in [0.3, 0.4) is 0 Å². The summed E-state index contributed by atoms with van der Waals surface area (Å²) < 4.78 is 19.3. The molecule has 2 heterocycles. The molecular formula is C23H24FN5O3S. The molecule has 1 aliphatic heterocycles. The first-order valence-corrected chi connectivity index (χ1v) is 11.7. The van der Waals surface area contributed by atoms with E-state index in [4.69, 9.17) is 4.42 Å². The van der Waals surface area contributed by atoms with Crippen molar-refractivity contribution in [2.24, 2.45) is 0 Å². The third-order valence-electron chi connectivity index (χ3n) is 5.29. The van der Waals surface area contributed by atoms with Gasteiger partial charge in [-0.2, -0.15) is 0 Å². The zero-order valence-corrected chi connectivity index (χ0v) is 19.0. The van der Waals surface area contributed by atoms with Gasteiger partial charge in [-0.3, -0.25) is 9.59 Å². The largest absolute Gasteiger partial charge is 0.411 e. The summed E-state index contributed by atoms with van der Waals surface area (Å²) in [6.07, 6.45) is 0.534. The number of carbonyl (C=O) groups is 2. The van der Waals surface area contributed by atoms with Crippen molar-refractivity contribution in [3.05, 3.63) is 54.3 Å². The fraction of sp³-hybridized carbons (Fsp3) is 0.304. The van der Waals surface area contributed by atoms with E-state index in [2.05, 4.69) is 20.4 Å². The normalized spacial score (nSPS) is 13.8. The first-order chi connectivity index (χ1) is 16.0. The minimum absolute atomic E-state index is 0.0755. The van der Waals surface area contributed by atoms with Crippen LogP contribution >= 0.6 is 11.8 Å². The molecule has 10 heteroatoms. The second kappa shape index (κ2) is 10.5. The topological polar surface area (TPSA) is 91.6 Å². The maximum atomic E-state index is 13.8.